The molecular formula is C19H17Cl2N3O2. The summed E-state index contributed by atoms with van der Waals surface area (Å²) in [5.41, 5.74) is 3.40. The molecule has 5 nitrogen and oxygen atoms in total. The first-order chi connectivity index (χ1) is 12.4. The average Bonchev–Trinajstić information content (AvgIpc) is 2.61. The van der Waals surface area contributed by atoms with Crippen LogP contribution >= 0.6 is 23.2 Å². The van der Waals surface area contributed by atoms with Gasteiger partial charge < -0.3 is 9.64 Å². The summed E-state index contributed by atoms with van der Waals surface area (Å²) in [5.74, 6) is 0.679. The molecule has 1 amide bonds. The number of hydrogen-bond donors (Lipinski definition) is 0. The van der Waals surface area contributed by atoms with Gasteiger partial charge in [-0.05, 0) is 40.9 Å². The highest BCUT2D eigenvalue weighted by Gasteiger charge is 2.13. The van der Waals surface area contributed by atoms with Crippen LogP contribution in [0.3, 0.4) is 0 Å². The molecule has 26 heavy (non-hydrogen) atoms. The molecule has 0 N–H and O–H groups in total. The van der Waals surface area contributed by atoms with Crippen LogP contribution in [0.15, 0.2) is 36.4 Å². The van der Waals surface area contributed by atoms with Gasteiger partial charge in [-0.3, -0.25) is 4.79 Å². The fourth-order valence-electron chi connectivity index (χ4n) is 2.64. The van der Waals surface area contributed by atoms with Gasteiger partial charge in [0.25, 0.3) is 0 Å². The first-order valence-corrected chi connectivity index (χ1v) is 8.65. The Morgan fingerprint density at radius 2 is 1.77 bits per heavy atom. The summed E-state index contributed by atoms with van der Waals surface area (Å²) in [5, 5.41) is 1.15. The lowest BCUT2D eigenvalue weighted by Crippen LogP contribution is -2.23. The van der Waals surface area contributed by atoms with Crippen molar-refractivity contribution in [1.29, 1.82) is 0 Å². The van der Waals surface area contributed by atoms with Gasteiger partial charge in [0.2, 0.25) is 11.2 Å². The fraction of sp³-hybridized carbons (Fsp3) is 0.211. The number of fused-ring (bicyclic) bond motifs is 1. The maximum absolute atomic E-state index is 12.0. The maximum atomic E-state index is 12.0. The molecular weight excluding hydrogens is 373 g/mol. The zero-order valence-corrected chi connectivity index (χ0v) is 16.1. The third-order valence-corrected chi connectivity index (χ3v) is 4.54. The normalized spacial score (nSPS) is 10.8. The lowest BCUT2D eigenvalue weighted by Gasteiger charge is -2.14. The van der Waals surface area contributed by atoms with Crippen LogP contribution in [0, 0.1) is 0 Å². The maximum Gasteiger partial charge on any atom is 0.226 e. The first-order valence-electron chi connectivity index (χ1n) is 7.89. The second kappa shape index (κ2) is 7.48. The monoisotopic (exact) mass is 389 g/mol. The molecule has 2 aromatic carbocycles. The van der Waals surface area contributed by atoms with Crippen molar-refractivity contribution in [1.82, 2.24) is 14.9 Å². The Labute approximate surface area is 161 Å². The number of carbonyl (C=O) groups excluding carboxylic acids is 1. The quantitative estimate of drug-likeness (QED) is 0.494. The molecule has 3 aromatic rings. The van der Waals surface area contributed by atoms with Crippen LogP contribution in [0.1, 0.15) is 5.56 Å². The van der Waals surface area contributed by atoms with E-state index in [9.17, 15) is 4.79 Å². The standard InChI is InChI=1S/C19H17Cl2N3O2/c1-24(2)17(25)10-13-5-4-12(9-16(13)26-3)11-6-7-15-14(8-11)18(20)23-19(21)22-15/h4-9H,10H2,1-3H3. The highest BCUT2D eigenvalue weighted by Crippen LogP contribution is 2.31. The molecule has 3 rings (SSSR count). The Bertz CT molecular complexity index is 990. The third-order valence-electron chi connectivity index (χ3n) is 4.08. The minimum atomic E-state index is 0.0163. The fourth-order valence-corrected chi connectivity index (χ4v) is 3.09. The molecule has 7 heteroatoms. The first kappa shape index (κ1) is 18.4. The summed E-state index contributed by atoms with van der Waals surface area (Å²) < 4.78 is 5.48. The van der Waals surface area contributed by atoms with Gasteiger partial charge in [0, 0.05) is 25.0 Å². The second-order valence-electron chi connectivity index (χ2n) is 6.01. The highest BCUT2D eigenvalue weighted by molar-refractivity contribution is 6.35. The van der Waals surface area contributed by atoms with Crippen LogP contribution in [0.5, 0.6) is 5.75 Å². The van der Waals surface area contributed by atoms with Crippen molar-refractivity contribution in [3.05, 3.63) is 52.4 Å². The zero-order chi connectivity index (χ0) is 18.8. The second-order valence-corrected chi connectivity index (χ2v) is 6.70. The predicted molar refractivity (Wildman–Crippen MR) is 104 cm³/mol. The Hall–Kier alpha value is -2.37. The number of likely N-dealkylation sites (N-methyl/N-ethyl adjacent to an activating group) is 1. The molecule has 0 unspecified atom stereocenters. The van der Waals surface area contributed by atoms with Crippen LogP contribution < -0.4 is 4.74 Å². The molecule has 0 saturated heterocycles. The van der Waals surface area contributed by atoms with Gasteiger partial charge in [-0.25, -0.2) is 9.97 Å². The molecule has 1 aromatic heterocycles. The molecule has 0 saturated carbocycles. The number of methoxy groups -OCH3 is 1. The summed E-state index contributed by atoms with van der Waals surface area (Å²) in [7, 11) is 5.06. The van der Waals surface area contributed by atoms with Gasteiger partial charge in [0.05, 0.1) is 19.0 Å². The van der Waals surface area contributed by atoms with E-state index < -0.39 is 0 Å². The van der Waals surface area contributed by atoms with Gasteiger partial charge >= 0.3 is 0 Å². The Morgan fingerprint density at radius 1 is 1.08 bits per heavy atom. The van der Waals surface area contributed by atoms with E-state index in [-0.39, 0.29) is 17.6 Å². The number of rotatable bonds is 4. The molecule has 1 heterocycles. The number of nitrogens with zero attached hydrogens (tertiary/aromatic N) is 3. The van der Waals surface area contributed by atoms with E-state index in [0.717, 1.165) is 22.1 Å². The van der Waals surface area contributed by atoms with Crippen LogP contribution in [0.4, 0.5) is 0 Å². The molecule has 0 radical (unpaired) electrons. The zero-order valence-electron chi connectivity index (χ0n) is 14.6. The van der Waals surface area contributed by atoms with Crippen molar-refractivity contribution in [3.8, 4) is 16.9 Å². The van der Waals surface area contributed by atoms with Crippen molar-refractivity contribution in [2.75, 3.05) is 21.2 Å². The topological polar surface area (TPSA) is 55.3 Å². The number of halogens is 2. The molecule has 0 aliphatic rings. The summed E-state index contributed by atoms with van der Waals surface area (Å²) in [6.07, 6.45) is 0.284. The van der Waals surface area contributed by atoms with Gasteiger partial charge in [-0.2, -0.15) is 0 Å². The predicted octanol–water partition coefficient (Wildman–Crippen LogP) is 4.24. The number of benzene rings is 2. The van der Waals surface area contributed by atoms with E-state index in [1.165, 1.54) is 0 Å². The van der Waals surface area contributed by atoms with Gasteiger partial charge in [-0.15, -0.1) is 0 Å². The van der Waals surface area contributed by atoms with Crippen molar-refractivity contribution >= 4 is 40.0 Å². The molecule has 0 aliphatic carbocycles. The van der Waals surface area contributed by atoms with Crippen LogP contribution in [-0.4, -0.2) is 42.0 Å². The molecule has 0 aliphatic heterocycles. The van der Waals surface area contributed by atoms with Crippen LogP contribution in [-0.2, 0) is 11.2 Å². The van der Waals surface area contributed by atoms with E-state index in [1.54, 1.807) is 26.1 Å². The van der Waals surface area contributed by atoms with Gasteiger partial charge in [-0.1, -0.05) is 29.8 Å². The third kappa shape index (κ3) is 3.74. The molecule has 134 valence electrons. The molecule has 0 fully saturated rings. The van der Waals surface area contributed by atoms with Crippen LogP contribution in [0.2, 0.25) is 10.4 Å². The molecule has 0 spiro atoms. The Balaban J connectivity index is 2.01. The summed E-state index contributed by atoms with van der Waals surface area (Å²) in [6.45, 7) is 0. The Morgan fingerprint density at radius 3 is 2.46 bits per heavy atom. The van der Waals surface area contributed by atoms with Crippen molar-refractivity contribution in [2.45, 2.75) is 6.42 Å². The average molecular weight is 390 g/mol. The number of carbonyl (C=O) groups is 1. The van der Waals surface area contributed by atoms with E-state index >= 15 is 0 Å². The number of aromatic nitrogens is 2. The summed E-state index contributed by atoms with van der Waals surface area (Å²) >= 11 is 12.0. The van der Waals surface area contributed by atoms with Gasteiger partial charge in [0.15, 0.2) is 0 Å². The smallest absolute Gasteiger partial charge is 0.226 e. The van der Waals surface area contributed by atoms with E-state index in [0.29, 0.717) is 16.4 Å². The van der Waals surface area contributed by atoms with Crippen molar-refractivity contribution in [2.24, 2.45) is 0 Å². The van der Waals surface area contributed by atoms with E-state index in [2.05, 4.69) is 9.97 Å². The van der Waals surface area contributed by atoms with Crippen molar-refractivity contribution in [3.63, 3.8) is 0 Å². The SMILES string of the molecule is COc1cc(-c2ccc3nc(Cl)nc(Cl)c3c2)ccc1CC(=O)N(C)C. The summed E-state index contributed by atoms with van der Waals surface area (Å²) in [4.78, 5) is 21.7. The largest absolute Gasteiger partial charge is 0.496 e. The Kier molecular flexibility index (Phi) is 5.30. The molecule has 0 bridgehead atoms. The minimum absolute atomic E-state index is 0.0163. The lowest BCUT2D eigenvalue weighted by molar-refractivity contribution is -0.127. The van der Waals surface area contributed by atoms with Crippen LogP contribution in [0.25, 0.3) is 22.0 Å². The highest BCUT2D eigenvalue weighted by atomic mass is 35.5. The van der Waals surface area contributed by atoms with E-state index in [1.807, 2.05) is 36.4 Å². The van der Waals surface area contributed by atoms with Gasteiger partial charge in [0.1, 0.15) is 10.9 Å². The molecule has 0 atom stereocenters. The van der Waals surface area contributed by atoms with E-state index in [4.69, 9.17) is 27.9 Å². The number of ether oxygens (including phenoxy) is 1. The number of hydrogen-bond acceptors (Lipinski definition) is 4. The summed E-state index contributed by atoms with van der Waals surface area (Å²) in [6, 6.07) is 11.4. The lowest BCUT2D eigenvalue weighted by atomic mass is 10.0. The number of amides is 1. The van der Waals surface area contributed by atoms with Crippen molar-refractivity contribution < 1.29 is 9.53 Å². The minimum Gasteiger partial charge on any atom is -0.496 e.